The van der Waals surface area contributed by atoms with E-state index >= 15 is 0 Å². The number of rotatable bonds is 13. The molecule has 0 aromatic rings. The third-order valence-electron chi connectivity index (χ3n) is 10.1. The van der Waals surface area contributed by atoms with E-state index in [1.54, 1.807) is 0 Å². The van der Waals surface area contributed by atoms with Crippen molar-refractivity contribution in [1.82, 2.24) is 0 Å². The van der Waals surface area contributed by atoms with Gasteiger partial charge in [-0.2, -0.15) is 8.42 Å². The van der Waals surface area contributed by atoms with Gasteiger partial charge in [-0.25, -0.2) is 0 Å². The summed E-state index contributed by atoms with van der Waals surface area (Å²) in [5.74, 6) is 1.07. The summed E-state index contributed by atoms with van der Waals surface area (Å²) in [6.45, 7) is 5.80. The Hall–Kier alpha value is -0.770. The molecule has 9 unspecified atom stereocenters. The first kappa shape index (κ1) is 30.2. The highest BCUT2D eigenvalue weighted by Crippen LogP contribution is 2.53. The van der Waals surface area contributed by atoms with Crippen LogP contribution in [0.3, 0.4) is 0 Å². The van der Waals surface area contributed by atoms with Crippen LogP contribution >= 0.6 is 0 Å². The van der Waals surface area contributed by atoms with Gasteiger partial charge >= 0.3 is 0 Å². The van der Waals surface area contributed by atoms with Gasteiger partial charge in [-0.1, -0.05) is 46.0 Å². The first-order valence-electron chi connectivity index (χ1n) is 15.6. The summed E-state index contributed by atoms with van der Waals surface area (Å²) in [6, 6.07) is -0.700. The van der Waals surface area contributed by atoms with Crippen LogP contribution in [0, 0.1) is 39.7 Å². The maximum atomic E-state index is 13.5. The maximum Gasteiger partial charge on any atom is 0.270 e. The largest absolute Gasteiger partial charge is 0.378 e. The van der Waals surface area contributed by atoms with Crippen LogP contribution in [0.1, 0.15) is 110 Å². The van der Waals surface area contributed by atoms with E-state index in [1.165, 1.54) is 19.3 Å². The predicted molar refractivity (Wildman–Crippen MR) is 147 cm³/mol. The third kappa shape index (κ3) is 7.10. The molecule has 9 atom stereocenters. The van der Waals surface area contributed by atoms with Gasteiger partial charge in [0, 0.05) is 24.6 Å². The number of fused-ring (bicyclic) bond motifs is 2. The topological polar surface area (TPSA) is 105 Å². The van der Waals surface area contributed by atoms with Gasteiger partial charge in [0.15, 0.2) is 0 Å². The first-order chi connectivity index (χ1) is 18.4. The Bertz CT molecular complexity index is 852. The molecule has 4 aliphatic rings. The Kier molecular flexibility index (Phi) is 11.3. The lowest BCUT2D eigenvalue weighted by atomic mass is 9.56. The normalized spacial score (nSPS) is 37.8. The number of nitrogens with zero attached hydrogens (tertiary/aromatic N) is 1. The second-order valence-corrected chi connectivity index (χ2v) is 14.3. The molecule has 38 heavy (non-hydrogen) atoms. The van der Waals surface area contributed by atoms with Crippen LogP contribution in [0.2, 0.25) is 0 Å². The monoisotopic (exact) mass is 557 g/mol. The number of hydrogen-bond acceptors (Lipinski definition) is 7. The molecule has 4 fully saturated rings. The molecule has 0 aliphatic heterocycles. The van der Waals surface area contributed by atoms with Gasteiger partial charge in [0.1, 0.15) is 0 Å². The second-order valence-electron chi connectivity index (χ2n) is 12.4. The fourth-order valence-electron chi connectivity index (χ4n) is 8.04. The zero-order valence-electron chi connectivity index (χ0n) is 23.6. The molecule has 0 aromatic heterocycles. The van der Waals surface area contributed by atoms with Crippen LogP contribution in [0.25, 0.3) is 0 Å². The van der Waals surface area contributed by atoms with E-state index in [9.17, 15) is 18.5 Å². The van der Waals surface area contributed by atoms with Gasteiger partial charge in [0.25, 0.3) is 10.1 Å². The highest BCUT2D eigenvalue weighted by molar-refractivity contribution is 7.87. The van der Waals surface area contributed by atoms with Gasteiger partial charge < -0.3 is 9.47 Å². The van der Waals surface area contributed by atoms with Gasteiger partial charge in [-0.05, 0) is 81.5 Å². The zero-order valence-corrected chi connectivity index (χ0v) is 24.5. The lowest BCUT2D eigenvalue weighted by Gasteiger charge is -2.55. The summed E-state index contributed by atoms with van der Waals surface area (Å²) in [5, 5.41) is 10.9. The molecule has 0 N–H and O–H groups in total. The molecule has 0 spiro atoms. The summed E-state index contributed by atoms with van der Waals surface area (Å²) >= 11 is 0. The van der Waals surface area contributed by atoms with E-state index in [2.05, 4.69) is 13.8 Å². The molecule has 4 aliphatic carbocycles. The first-order valence-corrected chi connectivity index (χ1v) is 17.1. The van der Waals surface area contributed by atoms with Crippen LogP contribution in [0.4, 0.5) is 0 Å². The standard InChI is InChI=1S/C29H51NO7S/c1-3-5-17-35-28-23-12-8-9-13-24(23)29(36-18-6-4-2)26-19-22(15-16-25(26)28)38(33,34)37-20-21-11-7-10-14-27(21)30(31)32/h21-29H,3-20H2,1-2H3. The quantitative estimate of drug-likeness (QED) is 0.116. The predicted octanol–water partition coefficient (Wildman–Crippen LogP) is 6.14. The number of hydrogen-bond donors (Lipinski definition) is 0. The van der Waals surface area contributed by atoms with Crippen molar-refractivity contribution in [2.45, 2.75) is 134 Å². The Morgan fingerprint density at radius 3 is 1.92 bits per heavy atom. The van der Waals surface area contributed by atoms with Crippen molar-refractivity contribution in [3.05, 3.63) is 10.1 Å². The minimum atomic E-state index is -3.82. The minimum Gasteiger partial charge on any atom is -0.378 e. The van der Waals surface area contributed by atoms with Crippen LogP contribution in [0.15, 0.2) is 0 Å². The molecule has 0 amide bonds. The van der Waals surface area contributed by atoms with E-state index in [0.717, 1.165) is 64.6 Å². The molecule has 0 aromatic carbocycles. The average molecular weight is 558 g/mol. The number of nitro groups is 1. The highest BCUT2D eigenvalue weighted by atomic mass is 32.2. The Balaban J connectivity index is 1.49. The number of ether oxygens (including phenoxy) is 2. The lowest BCUT2D eigenvalue weighted by Crippen LogP contribution is -2.57. The van der Waals surface area contributed by atoms with Crippen LogP contribution in [-0.4, -0.2) is 56.7 Å². The molecule has 220 valence electrons. The Labute approximate surface area is 230 Å². The molecular weight excluding hydrogens is 506 g/mol. The van der Waals surface area contributed by atoms with Crippen molar-refractivity contribution in [1.29, 1.82) is 0 Å². The molecule has 0 heterocycles. The van der Waals surface area contributed by atoms with E-state index in [0.29, 0.717) is 43.4 Å². The average Bonchev–Trinajstić information content (AvgIpc) is 2.93. The van der Waals surface area contributed by atoms with Gasteiger partial charge in [-0.15, -0.1) is 0 Å². The lowest BCUT2D eigenvalue weighted by molar-refractivity contribution is -0.536. The molecule has 9 heteroatoms. The van der Waals surface area contributed by atoms with E-state index < -0.39 is 21.4 Å². The SMILES string of the molecule is CCCCOC1C2CCCCC2C(OCCCC)C2CC(S(=O)(=O)OCC3CCCCC3[N+](=O)[O-])CCC21. The summed E-state index contributed by atoms with van der Waals surface area (Å²) in [6.07, 6.45) is 14.1. The summed E-state index contributed by atoms with van der Waals surface area (Å²) in [4.78, 5) is 11.3. The van der Waals surface area contributed by atoms with Crippen molar-refractivity contribution in [3.63, 3.8) is 0 Å². The number of unbranched alkanes of at least 4 members (excludes halogenated alkanes) is 2. The highest BCUT2D eigenvalue weighted by Gasteiger charge is 2.55. The van der Waals surface area contributed by atoms with Crippen LogP contribution in [-0.2, 0) is 23.8 Å². The van der Waals surface area contributed by atoms with Crippen molar-refractivity contribution in [3.8, 4) is 0 Å². The second kappa shape index (κ2) is 14.2. The van der Waals surface area contributed by atoms with Gasteiger partial charge in [0.05, 0.1) is 30.0 Å². The van der Waals surface area contributed by atoms with Crippen molar-refractivity contribution < 1.29 is 27.0 Å². The summed E-state index contributed by atoms with van der Waals surface area (Å²) < 4.78 is 45.8. The summed E-state index contributed by atoms with van der Waals surface area (Å²) in [7, 11) is -3.82. The van der Waals surface area contributed by atoms with Crippen LogP contribution in [0.5, 0.6) is 0 Å². The zero-order chi connectivity index (χ0) is 27.1. The summed E-state index contributed by atoms with van der Waals surface area (Å²) in [5.41, 5.74) is 0. The maximum absolute atomic E-state index is 13.5. The van der Waals surface area contributed by atoms with Crippen molar-refractivity contribution in [2.24, 2.45) is 29.6 Å². The van der Waals surface area contributed by atoms with Crippen molar-refractivity contribution in [2.75, 3.05) is 19.8 Å². The third-order valence-corrected chi connectivity index (χ3v) is 11.8. The molecule has 8 nitrogen and oxygen atoms in total. The smallest absolute Gasteiger partial charge is 0.270 e. The fraction of sp³-hybridized carbons (Fsp3) is 1.00. The van der Waals surface area contributed by atoms with Crippen molar-refractivity contribution >= 4 is 10.1 Å². The molecule has 4 rings (SSSR count). The van der Waals surface area contributed by atoms with E-state index in [1.807, 2.05) is 0 Å². The molecule has 0 bridgehead atoms. The Morgan fingerprint density at radius 2 is 1.32 bits per heavy atom. The molecule has 4 saturated carbocycles. The molecule has 0 radical (unpaired) electrons. The minimum absolute atomic E-state index is 0.0670. The fourth-order valence-corrected chi connectivity index (χ4v) is 9.48. The molecule has 0 saturated heterocycles. The van der Waals surface area contributed by atoms with Gasteiger partial charge in [-0.3, -0.25) is 14.3 Å². The van der Waals surface area contributed by atoms with E-state index in [4.69, 9.17) is 13.7 Å². The van der Waals surface area contributed by atoms with Crippen LogP contribution < -0.4 is 0 Å². The molecular formula is C29H51NO7S. The van der Waals surface area contributed by atoms with E-state index in [-0.39, 0.29) is 35.6 Å². The van der Waals surface area contributed by atoms with Gasteiger partial charge in [0.2, 0.25) is 6.04 Å². The Morgan fingerprint density at radius 1 is 0.763 bits per heavy atom.